The van der Waals surface area contributed by atoms with Gasteiger partial charge in [-0.3, -0.25) is 0 Å². The van der Waals surface area contributed by atoms with E-state index in [1.807, 2.05) is 24.1 Å². The van der Waals surface area contributed by atoms with Crippen LogP contribution in [0.25, 0.3) is 17.8 Å². The molecule has 1 aromatic carbocycles. The van der Waals surface area contributed by atoms with Crippen LogP contribution in [0, 0.1) is 5.92 Å². The molecule has 0 bridgehead atoms. The van der Waals surface area contributed by atoms with Crippen LogP contribution < -0.4 is 10.6 Å². The van der Waals surface area contributed by atoms with Gasteiger partial charge in [0.1, 0.15) is 0 Å². The van der Waals surface area contributed by atoms with Crippen molar-refractivity contribution in [3.8, 4) is 5.69 Å². The van der Waals surface area contributed by atoms with E-state index in [1.54, 1.807) is 0 Å². The molecule has 0 spiro atoms. The number of piperidine rings is 2. The molecule has 2 fully saturated rings. The van der Waals surface area contributed by atoms with E-state index in [2.05, 4.69) is 64.0 Å². The highest BCUT2D eigenvalue weighted by Gasteiger charge is 2.28. The van der Waals surface area contributed by atoms with Crippen LogP contribution in [0.3, 0.4) is 0 Å². The van der Waals surface area contributed by atoms with Gasteiger partial charge in [0.2, 0.25) is 0 Å². The number of aromatic nitrogens is 1. The van der Waals surface area contributed by atoms with Crippen LogP contribution in [-0.2, 0) is 0 Å². The predicted molar refractivity (Wildman–Crippen MR) is 145 cm³/mol. The van der Waals surface area contributed by atoms with Crippen molar-refractivity contribution in [2.24, 2.45) is 5.92 Å². The highest BCUT2D eigenvalue weighted by atomic mass is 35.5. The molecular weight excluding hydrogens is 456 g/mol. The Bertz CT molecular complexity index is 1180. The van der Waals surface area contributed by atoms with Crippen molar-refractivity contribution in [2.75, 3.05) is 46.8 Å². The number of halogens is 1. The molecule has 1 aromatic heterocycles. The fourth-order valence-electron chi connectivity index (χ4n) is 5.84. The summed E-state index contributed by atoms with van der Waals surface area (Å²) in [5.41, 5.74) is 2.52. The molecule has 3 aliphatic rings. The van der Waals surface area contributed by atoms with Crippen molar-refractivity contribution in [1.29, 1.82) is 0 Å². The minimum absolute atomic E-state index is 0.197. The molecule has 0 unspecified atom stereocenters. The van der Waals surface area contributed by atoms with Crippen LogP contribution in [0.1, 0.15) is 43.6 Å². The number of urea groups is 1. The molecule has 2 saturated heterocycles. The molecule has 186 valence electrons. The number of amides is 2. The van der Waals surface area contributed by atoms with Crippen molar-refractivity contribution in [3.05, 3.63) is 63.8 Å². The average Bonchev–Trinajstić information content (AvgIpc) is 3.06. The summed E-state index contributed by atoms with van der Waals surface area (Å²) in [4.78, 5) is 19.6. The summed E-state index contributed by atoms with van der Waals surface area (Å²) in [6.07, 6.45) is 16.6. The van der Waals surface area contributed by atoms with Gasteiger partial charge in [-0.15, -0.1) is 0 Å². The first-order valence-corrected chi connectivity index (χ1v) is 13.4. The lowest BCUT2D eigenvalue weighted by atomic mass is 9.90. The maximum atomic E-state index is 13.2. The first kappa shape index (κ1) is 24.2. The second kappa shape index (κ2) is 10.6. The van der Waals surface area contributed by atoms with Gasteiger partial charge in [0.25, 0.3) is 0 Å². The SMILES string of the molecule is CN1CCC(CN(C)C(=O)N2CCC(c3cn(-c4ccc(Cl)cc4)c4c3=CC=CCC=4)CC2)CC1. The molecular formula is C29H37ClN4O. The van der Waals surface area contributed by atoms with E-state index in [-0.39, 0.29) is 6.03 Å². The third-order valence-electron chi connectivity index (χ3n) is 7.97. The van der Waals surface area contributed by atoms with Crippen LogP contribution >= 0.6 is 11.6 Å². The number of nitrogens with zero attached hydrogens (tertiary/aromatic N) is 4. The summed E-state index contributed by atoms with van der Waals surface area (Å²) >= 11 is 6.15. The summed E-state index contributed by atoms with van der Waals surface area (Å²) < 4.78 is 2.30. The number of allylic oxidation sites excluding steroid dienone is 2. The number of carbonyl (C=O) groups is 1. The van der Waals surface area contributed by atoms with Crippen molar-refractivity contribution in [3.63, 3.8) is 0 Å². The second-order valence-electron chi connectivity index (χ2n) is 10.4. The monoisotopic (exact) mass is 492 g/mol. The van der Waals surface area contributed by atoms with E-state index in [0.717, 1.165) is 62.7 Å². The van der Waals surface area contributed by atoms with E-state index < -0.39 is 0 Å². The molecule has 1 aliphatic carbocycles. The fraction of sp³-hybridized carbons (Fsp3) is 0.483. The van der Waals surface area contributed by atoms with Crippen LogP contribution in [0.4, 0.5) is 4.79 Å². The number of hydrogen-bond acceptors (Lipinski definition) is 2. The average molecular weight is 493 g/mol. The molecule has 0 atom stereocenters. The Morgan fingerprint density at radius 1 is 1.06 bits per heavy atom. The van der Waals surface area contributed by atoms with Gasteiger partial charge in [0.15, 0.2) is 0 Å². The standard InChI is InChI=1S/C29H37ClN4O/c1-31-16-12-22(13-17-31)20-32(2)29(35)33-18-14-23(15-19-33)27-21-34(25-10-8-24(30)9-11-25)28-7-5-3-4-6-26(27)28/h3-4,6-11,21-23H,5,12-20H2,1-2H3. The smallest absolute Gasteiger partial charge is 0.319 e. The number of carbonyl (C=O) groups excluding carboxylic acids is 1. The quantitative estimate of drug-likeness (QED) is 0.639. The highest BCUT2D eigenvalue weighted by Crippen LogP contribution is 2.27. The molecule has 2 aliphatic heterocycles. The van der Waals surface area contributed by atoms with Crippen LogP contribution in [0.5, 0.6) is 0 Å². The minimum atomic E-state index is 0.197. The normalized spacial score (nSPS) is 19.6. The summed E-state index contributed by atoms with van der Waals surface area (Å²) in [6.45, 7) is 4.80. The predicted octanol–water partition coefficient (Wildman–Crippen LogP) is 4.22. The Balaban J connectivity index is 1.29. The fourth-order valence-corrected chi connectivity index (χ4v) is 5.97. The van der Waals surface area contributed by atoms with Crippen LogP contribution in [0.15, 0.2) is 42.6 Å². The molecule has 0 N–H and O–H groups in total. The number of likely N-dealkylation sites (tertiary alicyclic amines) is 2. The first-order chi connectivity index (χ1) is 17.0. The number of benzene rings is 1. The summed E-state index contributed by atoms with van der Waals surface area (Å²) in [5, 5.41) is 3.32. The summed E-state index contributed by atoms with van der Waals surface area (Å²) in [6, 6.07) is 8.27. The lowest BCUT2D eigenvalue weighted by Gasteiger charge is -2.37. The third kappa shape index (κ3) is 5.36. The van der Waals surface area contributed by atoms with Gasteiger partial charge in [0, 0.05) is 54.2 Å². The van der Waals surface area contributed by atoms with Crippen LogP contribution in [0.2, 0.25) is 5.02 Å². The first-order valence-electron chi connectivity index (χ1n) is 13.0. The Kier molecular flexibility index (Phi) is 7.35. The van der Waals surface area contributed by atoms with Gasteiger partial charge in [-0.05, 0) is 93.9 Å². The van der Waals surface area contributed by atoms with Crippen molar-refractivity contribution >= 4 is 29.8 Å². The van der Waals surface area contributed by atoms with Gasteiger partial charge in [-0.1, -0.05) is 35.9 Å². The molecule has 6 heteroatoms. The molecule has 3 heterocycles. The molecule has 2 amide bonds. The lowest BCUT2D eigenvalue weighted by molar-refractivity contribution is 0.131. The maximum Gasteiger partial charge on any atom is 0.319 e. The van der Waals surface area contributed by atoms with Gasteiger partial charge in [-0.25, -0.2) is 4.79 Å². The molecule has 5 rings (SSSR count). The Labute approximate surface area is 213 Å². The zero-order valence-corrected chi connectivity index (χ0v) is 21.8. The largest absolute Gasteiger partial charge is 0.327 e. The molecule has 0 saturated carbocycles. The third-order valence-corrected chi connectivity index (χ3v) is 8.22. The van der Waals surface area contributed by atoms with Crippen molar-refractivity contribution < 1.29 is 4.79 Å². The topological polar surface area (TPSA) is 31.7 Å². The molecule has 0 radical (unpaired) electrons. The molecule has 35 heavy (non-hydrogen) atoms. The van der Waals surface area contributed by atoms with Crippen molar-refractivity contribution in [1.82, 2.24) is 19.3 Å². The Hall–Kier alpha value is -2.50. The van der Waals surface area contributed by atoms with E-state index in [4.69, 9.17) is 11.6 Å². The van der Waals surface area contributed by atoms with E-state index in [0.29, 0.717) is 11.8 Å². The second-order valence-corrected chi connectivity index (χ2v) is 10.9. The van der Waals surface area contributed by atoms with Crippen molar-refractivity contribution in [2.45, 2.75) is 38.0 Å². The zero-order chi connectivity index (χ0) is 24.4. The lowest BCUT2D eigenvalue weighted by Crippen LogP contribution is -2.47. The number of fused-ring (bicyclic) bond motifs is 1. The van der Waals surface area contributed by atoms with E-state index in [9.17, 15) is 4.79 Å². The van der Waals surface area contributed by atoms with Gasteiger partial charge < -0.3 is 19.3 Å². The maximum absolute atomic E-state index is 13.2. The highest BCUT2D eigenvalue weighted by molar-refractivity contribution is 6.30. The number of rotatable bonds is 4. The van der Waals surface area contributed by atoms with Gasteiger partial charge >= 0.3 is 6.03 Å². The van der Waals surface area contributed by atoms with Crippen LogP contribution in [-0.4, -0.2) is 72.1 Å². The van der Waals surface area contributed by atoms with E-state index >= 15 is 0 Å². The molecule has 5 nitrogen and oxygen atoms in total. The number of hydrogen-bond donors (Lipinski definition) is 0. The molecule has 2 aromatic rings. The van der Waals surface area contributed by atoms with Gasteiger partial charge in [-0.2, -0.15) is 0 Å². The summed E-state index contributed by atoms with van der Waals surface area (Å²) in [7, 11) is 4.17. The Morgan fingerprint density at radius 3 is 2.49 bits per heavy atom. The summed E-state index contributed by atoms with van der Waals surface area (Å²) in [5.74, 6) is 1.08. The zero-order valence-electron chi connectivity index (χ0n) is 21.0. The van der Waals surface area contributed by atoms with Gasteiger partial charge in [0.05, 0.1) is 0 Å². The van der Waals surface area contributed by atoms with E-state index in [1.165, 1.54) is 29.0 Å². The minimum Gasteiger partial charge on any atom is -0.327 e. The Morgan fingerprint density at radius 2 is 1.77 bits per heavy atom.